The normalized spacial score (nSPS) is 11.6. The Kier molecular flexibility index (Phi) is 6.45. The number of carbonyl (C=O) groups excluding carboxylic acids is 2. The number of aromatic nitrogens is 1. The minimum Gasteiger partial charge on any atom is -0.468 e. The fourth-order valence-electron chi connectivity index (χ4n) is 2.23. The van der Waals surface area contributed by atoms with Crippen molar-refractivity contribution in [2.45, 2.75) is 19.0 Å². The summed E-state index contributed by atoms with van der Waals surface area (Å²) in [5, 5.41) is 3.17. The van der Waals surface area contributed by atoms with Gasteiger partial charge in [0, 0.05) is 24.9 Å². The van der Waals surface area contributed by atoms with Crippen LogP contribution in [0, 0.1) is 0 Å². The lowest BCUT2D eigenvalue weighted by Gasteiger charge is -2.16. The van der Waals surface area contributed by atoms with Gasteiger partial charge in [0.15, 0.2) is 0 Å². The molecular formula is C18H20N2O4. The number of benzene rings is 1. The molecule has 0 aliphatic heterocycles. The van der Waals surface area contributed by atoms with Crippen molar-refractivity contribution in [1.29, 1.82) is 0 Å². The van der Waals surface area contributed by atoms with E-state index in [0.717, 1.165) is 11.3 Å². The summed E-state index contributed by atoms with van der Waals surface area (Å²) in [5.41, 5.74) is 2.23. The maximum Gasteiger partial charge on any atom is 0.337 e. The Labute approximate surface area is 140 Å². The molecule has 0 fully saturated rings. The minimum absolute atomic E-state index is 0.341. The second-order valence-corrected chi connectivity index (χ2v) is 5.17. The summed E-state index contributed by atoms with van der Waals surface area (Å²) >= 11 is 0. The molecule has 0 spiro atoms. The van der Waals surface area contributed by atoms with Gasteiger partial charge < -0.3 is 9.47 Å². The lowest BCUT2D eigenvalue weighted by Crippen LogP contribution is -2.39. The molecule has 1 heterocycles. The van der Waals surface area contributed by atoms with Crippen molar-refractivity contribution in [3.63, 3.8) is 0 Å². The number of pyridine rings is 1. The van der Waals surface area contributed by atoms with E-state index in [9.17, 15) is 9.59 Å². The Balaban J connectivity index is 1.99. The summed E-state index contributed by atoms with van der Waals surface area (Å²) < 4.78 is 9.51. The molecule has 2 rings (SSSR count). The average Bonchev–Trinajstić information content (AvgIpc) is 2.65. The van der Waals surface area contributed by atoms with Gasteiger partial charge in [-0.15, -0.1) is 0 Å². The summed E-state index contributed by atoms with van der Waals surface area (Å²) in [7, 11) is 2.71. The van der Waals surface area contributed by atoms with Gasteiger partial charge in [0.1, 0.15) is 6.04 Å². The van der Waals surface area contributed by atoms with Crippen LogP contribution >= 0.6 is 0 Å². The number of nitrogens with one attached hydrogen (secondary N) is 1. The SMILES string of the molecule is COC(=O)c1ccc(CN[C@H](Cc2ccccn2)C(=O)OC)cc1. The quantitative estimate of drug-likeness (QED) is 0.780. The molecule has 0 amide bonds. The summed E-state index contributed by atoms with van der Waals surface area (Å²) in [6, 6.07) is 12.1. The Bertz CT molecular complexity index is 671. The molecule has 0 radical (unpaired) electrons. The lowest BCUT2D eigenvalue weighted by molar-refractivity contribution is -0.143. The van der Waals surface area contributed by atoms with Gasteiger partial charge in [0.25, 0.3) is 0 Å². The van der Waals surface area contributed by atoms with Crippen LogP contribution in [0.4, 0.5) is 0 Å². The van der Waals surface area contributed by atoms with Crippen LogP contribution in [0.25, 0.3) is 0 Å². The molecule has 0 aliphatic carbocycles. The largest absolute Gasteiger partial charge is 0.468 e. The maximum absolute atomic E-state index is 11.9. The van der Waals surface area contributed by atoms with Crippen molar-refractivity contribution < 1.29 is 19.1 Å². The molecule has 0 bridgehead atoms. The Morgan fingerprint density at radius 2 is 1.83 bits per heavy atom. The first-order chi connectivity index (χ1) is 11.6. The summed E-state index contributed by atoms with van der Waals surface area (Å²) in [5.74, 6) is -0.719. The van der Waals surface area contributed by atoms with Crippen molar-refractivity contribution in [2.24, 2.45) is 0 Å². The van der Waals surface area contributed by atoms with Crippen LogP contribution < -0.4 is 5.32 Å². The zero-order chi connectivity index (χ0) is 17.4. The second-order valence-electron chi connectivity index (χ2n) is 5.17. The molecule has 1 atom stereocenters. The van der Waals surface area contributed by atoms with Crippen molar-refractivity contribution in [3.05, 3.63) is 65.5 Å². The highest BCUT2D eigenvalue weighted by atomic mass is 16.5. The Morgan fingerprint density at radius 3 is 2.42 bits per heavy atom. The van der Waals surface area contributed by atoms with Gasteiger partial charge >= 0.3 is 11.9 Å². The summed E-state index contributed by atoms with van der Waals surface area (Å²) in [6.07, 6.45) is 2.13. The Morgan fingerprint density at radius 1 is 1.08 bits per heavy atom. The number of esters is 2. The molecule has 0 aliphatic rings. The number of methoxy groups -OCH3 is 2. The summed E-state index contributed by atoms with van der Waals surface area (Å²) in [6.45, 7) is 0.466. The van der Waals surface area contributed by atoms with E-state index in [2.05, 4.69) is 15.0 Å². The van der Waals surface area contributed by atoms with Crippen LogP contribution in [0.1, 0.15) is 21.6 Å². The number of nitrogens with zero attached hydrogens (tertiary/aromatic N) is 1. The molecule has 0 saturated heterocycles. The molecule has 0 saturated carbocycles. The van der Waals surface area contributed by atoms with E-state index in [1.54, 1.807) is 18.3 Å². The standard InChI is InChI=1S/C18H20N2O4/c1-23-17(21)14-8-6-13(7-9-14)12-20-16(18(22)24-2)11-15-5-3-4-10-19-15/h3-10,16,20H,11-12H2,1-2H3/t16-/m1/s1. The van der Waals surface area contributed by atoms with Crippen molar-refractivity contribution in [3.8, 4) is 0 Å². The van der Waals surface area contributed by atoms with E-state index in [4.69, 9.17) is 4.74 Å². The third-order valence-electron chi connectivity index (χ3n) is 3.55. The zero-order valence-corrected chi connectivity index (χ0v) is 13.7. The maximum atomic E-state index is 11.9. The van der Waals surface area contributed by atoms with Crippen LogP contribution in [0.2, 0.25) is 0 Å². The van der Waals surface area contributed by atoms with Gasteiger partial charge in [-0.3, -0.25) is 15.1 Å². The van der Waals surface area contributed by atoms with Crippen LogP contribution in [-0.2, 0) is 27.2 Å². The first-order valence-electron chi connectivity index (χ1n) is 7.52. The fourth-order valence-corrected chi connectivity index (χ4v) is 2.23. The average molecular weight is 328 g/mol. The van der Waals surface area contributed by atoms with Gasteiger partial charge in [-0.2, -0.15) is 0 Å². The Hall–Kier alpha value is -2.73. The molecular weight excluding hydrogens is 308 g/mol. The first-order valence-corrected chi connectivity index (χ1v) is 7.52. The fraction of sp³-hybridized carbons (Fsp3) is 0.278. The number of ether oxygens (including phenoxy) is 2. The van der Waals surface area contributed by atoms with Gasteiger partial charge in [0.05, 0.1) is 19.8 Å². The van der Waals surface area contributed by atoms with Crippen LogP contribution in [0.15, 0.2) is 48.7 Å². The molecule has 6 nitrogen and oxygen atoms in total. The number of hydrogen-bond acceptors (Lipinski definition) is 6. The molecule has 6 heteroatoms. The van der Waals surface area contributed by atoms with E-state index in [1.165, 1.54) is 14.2 Å². The molecule has 1 aromatic heterocycles. The smallest absolute Gasteiger partial charge is 0.337 e. The van der Waals surface area contributed by atoms with E-state index < -0.39 is 6.04 Å². The predicted octanol–water partition coefficient (Wildman–Crippen LogP) is 1.74. The topological polar surface area (TPSA) is 77.5 Å². The van der Waals surface area contributed by atoms with E-state index in [-0.39, 0.29) is 11.9 Å². The number of hydrogen-bond donors (Lipinski definition) is 1. The molecule has 1 aromatic carbocycles. The third-order valence-corrected chi connectivity index (χ3v) is 3.55. The summed E-state index contributed by atoms with van der Waals surface area (Å²) in [4.78, 5) is 27.6. The molecule has 2 aromatic rings. The molecule has 0 unspecified atom stereocenters. The predicted molar refractivity (Wildman–Crippen MR) is 88.4 cm³/mol. The minimum atomic E-state index is -0.495. The van der Waals surface area contributed by atoms with Gasteiger partial charge in [-0.05, 0) is 29.8 Å². The number of rotatable bonds is 7. The second kappa shape index (κ2) is 8.79. The third kappa shape index (κ3) is 4.89. The van der Waals surface area contributed by atoms with Crippen molar-refractivity contribution >= 4 is 11.9 Å². The van der Waals surface area contributed by atoms with Crippen LogP contribution in [0.3, 0.4) is 0 Å². The van der Waals surface area contributed by atoms with Gasteiger partial charge in [0.2, 0.25) is 0 Å². The van der Waals surface area contributed by atoms with Gasteiger partial charge in [-0.1, -0.05) is 18.2 Å². The van der Waals surface area contributed by atoms with E-state index >= 15 is 0 Å². The van der Waals surface area contributed by atoms with Crippen molar-refractivity contribution in [2.75, 3.05) is 14.2 Å². The highest BCUT2D eigenvalue weighted by Crippen LogP contribution is 2.07. The zero-order valence-electron chi connectivity index (χ0n) is 13.7. The van der Waals surface area contributed by atoms with Crippen LogP contribution in [0.5, 0.6) is 0 Å². The van der Waals surface area contributed by atoms with E-state index in [0.29, 0.717) is 18.5 Å². The first kappa shape index (κ1) is 17.6. The molecule has 1 N–H and O–H groups in total. The van der Waals surface area contributed by atoms with E-state index in [1.807, 2.05) is 30.3 Å². The number of carbonyl (C=O) groups is 2. The molecule has 126 valence electrons. The van der Waals surface area contributed by atoms with Crippen molar-refractivity contribution in [1.82, 2.24) is 10.3 Å². The van der Waals surface area contributed by atoms with Crippen LogP contribution in [-0.4, -0.2) is 37.2 Å². The lowest BCUT2D eigenvalue weighted by atomic mass is 10.1. The van der Waals surface area contributed by atoms with Gasteiger partial charge in [-0.25, -0.2) is 4.79 Å². The monoisotopic (exact) mass is 328 g/mol. The molecule has 24 heavy (non-hydrogen) atoms. The highest BCUT2D eigenvalue weighted by molar-refractivity contribution is 5.89. The highest BCUT2D eigenvalue weighted by Gasteiger charge is 2.19.